The van der Waals surface area contributed by atoms with Crippen molar-refractivity contribution in [2.24, 2.45) is 11.7 Å². The number of carboxylic acid groups (broad SMARTS) is 1. The predicted molar refractivity (Wildman–Crippen MR) is 144 cm³/mol. The lowest BCUT2D eigenvalue weighted by molar-refractivity contribution is -0.192. The van der Waals surface area contributed by atoms with E-state index in [-0.39, 0.29) is 37.9 Å². The number of esters is 1. The second kappa shape index (κ2) is 16.8. The maximum Gasteiger partial charge on any atom is 0.490 e. The van der Waals surface area contributed by atoms with Crippen LogP contribution >= 0.6 is 7.37 Å². The van der Waals surface area contributed by atoms with Crippen molar-refractivity contribution in [2.45, 2.75) is 70.0 Å². The number of aliphatic carboxylic acids is 1. The molecule has 5 atom stereocenters. The summed E-state index contributed by atoms with van der Waals surface area (Å²) in [6.07, 6.45) is -3.92. The summed E-state index contributed by atoms with van der Waals surface area (Å²) in [5.41, 5.74) is 6.77. The van der Waals surface area contributed by atoms with Crippen LogP contribution in [0.3, 0.4) is 0 Å². The van der Waals surface area contributed by atoms with Crippen LogP contribution in [-0.4, -0.2) is 82.0 Å². The predicted octanol–water partition coefficient (Wildman–Crippen LogP) is 2.40. The third-order valence-electron chi connectivity index (χ3n) is 6.33. The van der Waals surface area contributed by atoms with Gasteiger partial charge < -0.3 is 30.7 Å². The number of hydrogen-bond acceptors (Lipinski definition) is 8. The number of ether oxygens (including phenoxy) is 1. The number of carbonyl (C=O) groups is 4. The maximum atomic E-state index is 13.1. The van der Waals surface area contributed by atoms with Gasteiger partial charge in [0.15, 0.2) is 0 Å². The van der Waals surface area contributed by atoms with Gasteiger partial charge in [0, 0.05) is 19.1 Å². The van der Waals surface area contributed by atoms with Crippen molar-refractivity contribution < 1.29 is 51.7 Å². The van der Waals surface area contributed by atoms with Crippen molar-refractivity contribution in [3.05, 3.63) is 35.9 Å². The van der Waals surface area contributed by atoms with E-state index < -0.39 is 55.2 Å². The summed E-state index contributed by atoms with van der Waals surface area (Å²) in [4.78, 5) is 58.4. The van der Waals surface area contributed by atoms with E-state index in [1.54, 1.807) is 6.92 Å². The molecule has 0 aliphatic carbocycles. The number of alkyl halides is 3. The summed E-state index contributed by atoms with van der Waals surface area (Å²) in [5.74, 6) is -6.16. The number of halogens is 3. The number of carboxylic acids is 1. The molecule has 0 spiro atoms. The normalized spacial score (nSPS) is 18.2. The highest BCUT2D eigenvalue weighted by molar-refractivity contribution is 7.58. The quantitative estimate of drug-likeness (QED) is 0.199. The van der Waals surface area contributed by atoms with E-state index in [4.69, 9.17) is 25.6 Å². The van der Waals surface area contributed by atoms with E-state index in [0.29, 0.717) is 13.0 Å². The van der Waals surface area contributed by atoms with Crippen LogP contribution in [0.1, 0.15) is 45.1 Å². The van der Waals surface area contributed by atoms with Gasteiger partial charge in [-0.05, 0) is 45.1 Å². The molecule has 1 aromatic rings. The molecule has 5 unspecified atom stereocenters. The lowest BCUT2D eigenvalue weighted by Gasteiger charge is -2.25. The van der Waals surface area contributed by atoms with E-state index in [1.165, 1.54) is 11.8 Å². The first-order valence-corrected chi connectivity index (χ1v) is 15.0. The molecule has 234 valence electrons. The second-order valence-electron chi connectivity index (χ2n) is 9.59. The molecule has 1 aliphatic heterocycles. The number of nitriles is 1. The van der Waals surface area contributed by atoms with Gasteiger partial charge in [0.2, 0.25) is 19.2 Å². The molecular formula is C26H36F3N4O8P. The minimum atomic E-state index is -5.08. The van der Waals surface area contributed by atoms with Crippen molar-refractivity contribution in [1.82, 2.24) is 10.2 Å². The molecule has 0 saturated carbocycles. The zero-order chi connectivity index (χ0) is 32.1. The van der Waals surface area contributed by atoms with Gasteiger partial charge in [-0.25, -0.2) is 4.79 Å². The van der Waals surface area contributed by atoms with Crippen LogP contribution in [0, 0.1) is 17.2 Å². The van der Waals surface area contributed by atoms with Crippen LogP contribution in [0.4, 0.5) is 13.2 Å². The van der Waals surface area contributed by atoms with Crippen LogP contribution in [0.5, 0.6) is 0 Å². The Balaban J connectivity index is 0.00000112. The van der Waals surface area contributed by atoms with Gasteiger partial charge in [0.25, 0.3) is 0 Å². The van der Waals surface area contributed by atoms with Gasteiger partial charge in [0.05, 0.1) is 24.6 Å². The Morgan fingerprint density at radius 2 is 1.86 bits per heavy atom. The summed E-state index contributed by atoms with van der Waals surface area (Å²) in [5, 5.41) is 18.8. The molecule has 1 aliphatic rings. The molecule has 42 heavy (non-hydrogen) atoms. The Kier molecular flexibility index (Phi) is 14.7. The number of nitrogens with zero attached hydrogens (tertiary/aromatic N) is 2. The molecule has 12 nitrogen and oxygen atoms in total. The second-order valence-corrected chi connectivity index (χ2v) is 12.2. The molecule has 2 rings (SSSR count). The van der Waals surface area contributed by atoms with Crippen LogP contribution < -0.4 is 11.1 Å². The number of carbonyl (C=O) groups excluding carboxylic acids is 3. The highest BCUT2D eigenvalue weighted by Crippen LogP contribution is 2.47. The smallest absolute Gasteiger partial charge is 0.475 e. The third kappa shape index (κ3) is 12.2. The number of hydrogen-bond donors (Lipinski definition) is 4. The highest BCUT2D eigenvalue weighted by Gasteiger charge is 2.38. The standard InChI is InChI=1S/C24H35N4O6P.C2HF3O2/c1-3-34-24(31)19(14-18-8-5-4-6-9-18)16-35(32,33)17(2)27-22(29)12-11-21(26)23(30)28-13-7-10-20(28)15-25;3-2(4,5)1(6)7/h4-6,8-9,17,19-21H,3,7,10-14,16,26H2,1-2H3,(H,27,29)(H,32,33);(H,6,7). The number of nitrogens with two attached hydrogens (primary N) is 1. The number of amides is 2. The fourth-order valence-corrected chi connectivity index (χ4v) is 5.62. The number of benzene rings is 1. The Morgan fingerprint density at radius 1 is 1.26 bits per heavy atom. The van der Waals surface area contributed by atoms with Gasteiger partial charge in [-0.3, -0.25) is 18.9 Å². The van der Waals surface area contributed by atoms with E-state index in [0.717, 1.165) is 12.0 Å². The first-order valence-electron chi connectivity index (χ1n) is 13.1. The van der Waals surface area contributed by atoms with Crippen molar-refractivity contribution in [2.75, 3.05) is 19.3 Å². The third-order valence-corrected chi connectivity index (χ3v) is 8.63. The Bertz CT molecular complexity index is 1160. The first-order chi connectivity index (χ1) is 19.5. The molecule has 1 heterocycles. The average Bonchev–Trinajstić information content (AvgIpc) is 3.40. The van der Waals surface area contributed by atoms with E-state index >= 15 is 0 Å². The molecule has 0 radical (unpaired) electrons. The Labute approximate surface area is 241 Å². The lowest BCUT2D eigenvalue weighted by Crippen LogP contribution is -2.46. The fourth-order valence-electron chi connectivity index (χ4n) is 4.05. The van der Waals surface area contributed by atoms with Crippen molar-refractivity contribution in [3.8, 4) is 6.07 Å². The van der Waals surface area contributed by atoms with Crippen LogP contribution in [0.25, 0.3) is 0 Å². The SMILES string of the molecule is CCOC(=O)C(Cc1ccccc1)CP(=O)(O)C(C)NC(=O)CCC(N)C(=O)N1CCCC1C#N.O=C(O)C(F)(F)F. The van der Waals surface area contributed by atoms with Crippen molar-refractivity contribution in [1.29, 1.82) is 5.26 Å². The van der Waals surface area contributed by atoms with Crippen LogP contribution in [0.2, 0.25) is 0 Å². The average molecular weight is 621 g/mol. The zero-order valence-electron chi connectivity index (χ0n) is 23.2. The molecule has 1 aromatic carbocycles. The molecule has 0 bridgehead atoms. The zero-order valence-corrected chi connectivity index (χ0v) is 24.1. The van der Waals surface area contributed by atoms with Gasteiger partial charge in [-0.1, -0.05) is 30.3 Å². The Hall–Kier alpha value is -3.47. The summed E-state index contributed by atoms with van der Waals surface area (Å²) in [7, 11) is -3.98. The molecule has 5 N–H and O–H groups in total. The molecular weight excluding hydrogens is 584 g/mol. The highest BCUT2D eigenvalue weighted by atomic mass is 31.2. The molecule has 2 amide bonds. The monoisotopic (exact) mass is 620 g/mol. The van der Waals surface area contributed by atoms with Crippen molar-refractivity contribution in [3.63, 3.8) is 0 Å². The van der Waals surface area contributed by atoms with Gasteiger partial charge in [-0.2, -0.15) is 18.4 Å². The largest absolute Gasteiger partial charge is 0.490 e. The van der Waals surface area contributed by atoms with Gasteiger partial charge in [0.1, 0.15) is 11.8 Å². The molecule has 16 heteroatoms. The van der Waals surface area contributed by atoms with Crippen molar-refractivity contribution >= 4 is 31.1 Å². The number of likely N-dealkylation sites (tertiary alicyclic amines) is 1. The van der Waals surface area contributed by atoms with Gasteiger partial charge >= 0.3 is 18.1 Å². The summed E-state index contributed by atoms with van der Waals surface area (Å²) in [6.45, 7) is 3.69. The summed E-state index contributed by atoms with van der Waals surface area (Å²) in [6, 6.07) is 9.77. The summed E-state index contributed by atoms with van der Waals surface area (Å²) >= 11 is 0. The van der Waals surface area contributed by atoms with Gasteiger partial charge in [-0.15, -0.1) is 0 Å². The minimum absolute atomic E-state index is 0.0429. The Morgan fingerprint density at radius 3 is 2.38 bits per heavy atom. The topological polar surface area (TPSA) is 200 Å². The number of rotatable bonds is 12. The number of nitrogens with one attached hydrogen (secondary N) is 1. The molecule has 1 saturated heterocycles. The molecule has 1 fully saturated rings. The van der Waals surface area contributed by atoms with E-state index in [1.807, 2.05) is 30.3 Å². The van der Waals surface area contributed by atoms with Crippen LogP contribution in [0.15, 0.2) is 30.3 Å². The minimum Gasteiger partial charge on any atom is -0.475 e. The molecule has 0 aromatic heterocycles. The first kappa shape index (κ1) is 36.6. The maximum absolute atomic E-state index is 13.1. The fraction of sp³-hybridized carbons (Fsp3) is 0.577. The lowest BCUT2D eigenvalue weighted by atomic mass is 10.0. The van der Waals surface area contributed by atoms with E-state index in [2.05, 4.69) is 11.4 Å². The van der Waals surface area contributed by atoms with E-state index in [9.17, 15) is 37.0 Å². The summed E-state index contributed by atoms with van der Waals surface area (Å²) < 4.78 is 49.9. The van der Waals surface area contributed by atoms with Crippen LogP contribution in [-0.2, 0) is 34.9 Å².